The summed E-state index contributed by atoms with van der Waals surface area (Å²) in [5.41, 5.74) is 7.62. The van der Waals surface area contributed by atoms with E-state index in [9.17, 15) is 4.79 Å². The highest BCUT2D eigenvalue weighted by molar-refractivity contribution is 5.94. The molecular formula is C24H27N5O2. The smallest absolute Gasteiger partial charge is 0.338 e. The van der Waals surface area contributed by atoms with Crippen LogP contribution in [0.3, 0.4) is 0 Å². The minimum Gasteiger partial charge on any atom is -0.457 e. The maximum atomic E-state index is 11.9. The summed E-state index contributed by atoms with van der Waals surface area (Å²) < 4.78 is 7.18. The number of piperazine rings is 1. The van der Waals surface area contributed by atoms with Crippen molar-refractivity contribution in [2.45, 2.75) is 40.0 Å². The molecule has 0 saturated carbocycles. The van der Waals surface area contributed by atoms with Gasteiger partial charge in [0.15, 0.2) is 0 Å². The van der Waals surface area contributed by atoms with E-state index in [-0.39, 0.29) is 12.0 Å². The summed E-state index contributed by atoms with van der Waals surface area (Å²) in [5.74, 6) is 0.686. The summed E-state index contributed by atoms with van der Waals surface area (Å²) in [6, 6.07) is 6.35. The zero-order chi connectivity index (χ0) is 21.5. The monoisotopic (exact) mass is 417 g/mol. The lowest BCUT2D eigenvalue weighted by Gasteiger charge is -2.35. The lowest BCUT2D eigenvalue weighted by Crippen LogP contribution is -2.45. The van der Waals surface area contributed by atoms with Gasteiger partial charge in [0.05, 0.1) is 11.3 Å². The fourth-order valence-corrected chi connectivity index (χ4v) is 4.57. The number of esters is 1. The minimum absolute atomic E-state index is 0.208. The molecule has 2 aliphatic rings. The molecule has 0 bridgehead atoms. The number of benzene rings is 1. The number of hydrogen-bond acceptors (Lipinski definition) is 6. The van der Waals surface area contributed by atoms with Crippen molar-refractivity contribution in [3.8, 4) is 5.82 Å². The molecule has 0 radical (unpaired) electrons. The second-order valence-corrected chi connectivity index (χ2v) is 8.52. The molecule has 160 valence electrons. The molecule has 1 saturated heterocycles. The van der Waals surface area contributed by atoms with Crippen molar-refractivity contribution in [1.29, 1.82) is 0 Å². The average Bonchev–Trinajstić information content (AvgIpc) is 3.36. The summed E-state index contributed by atoms with van der Waals surface area (Å²) in [4.78, 5) is 23.3. The third kappa shape index (κ3) is 3.75. The van der Waals surface area contributed by atoms with Crippen LogP contribution in [0.25, 0.3) is 5.82 Å². The molecule has 2 aromatic heterocycles. The molecule has 1 aromatic carbocycles. The molecular weight excluding hydrogens is 390 g/mol. The Kier molecular flexibility index (Phi) is 5.08. The molecule has 0 unspecified atom stereocenters. The number of carbonyl (C=O) groups excluding carboxylic acids is 1. The van der Waals surface area contributed by atoms with Crippen LogP contribution in [-0.4, -0.2) is 45.0 Å². The number of rotatable bonds is 4. The van der Waals surface area contributed by atoms with Gasteiger partial charge in [-0.1, -0.05) is 6.07 Å². The lowest BCUT2D eigenvalue weighted by molar-refractivity contribution is 0.0535. The first-order chi connectivity index (χ1) is 15.0. The topological polar surface area (TPSA) is 72.3 Å². The first-order valence-corrected chi connectivity index (χ1v) is 10.7. The summed E-state index contributed by atoms with van der Waals surface area (Å²) in [6.45, 7) is 10.3. The summed E-state index contributed by atoms with van der Waals surface area (Å²) in [7, 11) is 0. The Balaban J connectivity index is 1.32. The Hall–Kier alpha value is -3.03. The fraction of sp³-hybridized carbons (Fsp3) is 0.375. The Bertz CT molecular complexity index is 1150. The molecule has 1 atom stereocenters. The highest BCUT2D eigenvalue weighted by Crippen LogP contribution is 2.30. The second-order valence-electron chi connectivity index (χ2n) is 8.52. The molecule has 7 heteroatoms. The fourth-order valence-electron chi connectivity index (χ4n) is 4.57. The zero-order valence-corrected chi connectivity index (χ0v) is 18.2. The van der Waals surface area contributed by atoms with Crippen molar-refractivity contribution in [3.63, 3.8) is 0 Å². The SMILES string of the molecule is Cc1cn(-c2cc(C)c(CN3CCN[C@H](c4ccc5c(c4C)COC5=O)C3)cn2)cn1. The number of pyridine rings is 1. The Morgan fingerprint density at radius 3 is 2.87 bits per heavy atom. The van der Waals surface area contributed by atoms with E-state index in [0.717, 1.165) is 43.3 Å². The van der Waals surface area contributed by atoms with Crippen LogP contribution in [0, 0.1) is 20.8 Å². The predicted octanol–water partition coefficient (Wildman–Crippen LogP) is 3.01. The predicted molar refractivity (Wildman–Crippen MR) is 117 cm³/mol. The number of nitrogens with one attached hydrogen (secondary N) is 1. The van der Waals surface area contributed by atoms with Gasteiger partial charge in [-0.3, -0.25) is 9.47 Å². The van der Waals surface area contributed by atoms with Gasteiger partial charge < -0.3 is 10.1 Å². The van der Waals surface area contributed by atoms with E-state index in [4.69, 9.17) is 4.74 Å². The molecule has 3 aromatic rings. The first-order valence-electron chi connectivity index (χ1n) is 10.7. The van der Waals surface area contributed by atoms with Gasteiger partial charge in [-0.2, -0.15) is 0 Å². The van der Waals surface area contributed by atoms with Gasteiger partial charge in [-0.05, 0) is 55.2 Å². The van der Waals surface area contributed by atoms with E-state index in [1.165, 1.54) is 22.3 Å². The number of aromatic nitrogens is 3. The summed E-state index contributed by atoms with van der Waals surface area (Å²) in [5, 5.41) is 3.65. The number of nitrogens with zero attached hydrogens (tertiary/aromatic N) is 4. The molecule has 2 aliphatic heterocycles. The number of carbonyl (C=O) groups is 1. The normalized spacial score (nSPS) is 18.8. The molecule has 0 spiro atoms. The van der Waals surface area contributed by atoms with Gasteiger partial charge in [0.25, 0.3) is 0 Å². The number of ether oxygens (including phenoxy) is 1. The highest BCUT2D eigenvalue weighted by Gasteiger charge is 2.28. The number of hydrogen-bond donors (Lipinski definition) is 1. The standard InChI is InChI=1S/C24H27N5O2/c1-15-8-23(29-10-16(2)27-14-29)26-9-18(15)11-28-7-6-25-22(12-28)19-4-5-20-21(17(19)3)13-31-24(20)30/h4-5,8-10,14,22,25H,6-7,11-13H2,1-3H3/t22-/m0/s1. The molecule has 31 heavy (non-hydrogen) atoms. The van der Waals surface area contributed by atoms with Gasteiger partial charge in [0, 0.05) is 50.2 Å². The summed E-state index contributed by atoms with van der Waals surface area (Å²) >= 11 is 0. The van der Waals surface area contributed by atoms with Crippen LogP contribution >= 0.6 is 0 Å². The second kappa shape index (κ2) is 7.90. The van der Waals surface area contributed by atoms with Gasteiger partial charge >= 0.3 is 5.97 Å². The van der Waals surface area contributed by atoms with Crippen LogP contribution < -0.4 is 5.32 Å². The molecule has 5 rings (SSSR count). The molecule has 1 N–H and O–H groups in total. The number of imidazole rings is 1. The molecule has 4 heterocycles. The van der Waals surface area contributed by atoms with Crippen LogP contribution in [0.1, 0.15) is 49.9 Å². The third-order valence-electron chi connectivity index (χ3n) is 6.42. The number of aryl methyl sites for hydroxylation is 2. The van der Waals surface area contributed by atoms with E-state index in [1.54, 1.807) is 6.33 Å². The minimum atomic E-state index is -0.208. The van der Waals surface area contributed by atoms with Crippen molar-refractivity contribution in [2.24, 2.45) is 0 Å². The number of fused-ring (bicyclic) bond motifs is 1. The summed E-state index contributed by atoms with van der Waals surface area (Å²) in [6.07, 6.45) is 5.77. The van der Waals surface area contributed by atoms with Crippen molar-refractivity contribution in [3.05, 3.63) is 76.0 Å². The van der Waals surface area contributed by atoms with Crippen molar-refractivity contribution in [2.75, 3.05) is 19.6 Å². The van der Waals surface area contributed by atoms with E-state index in [0.29, 0.717) is 12.2 Å². The lowest BCUT2D eigenvalue weighted by atomic mass is 9.93. The van der Waals surface area contributed by atoms with Crippen LogP contribution in [0.5, 0.6) is 0 Å². The van der Waals surface area contributed by atoms with E-state index < -0.39 is 0 Å². The Morgan fingerprint density at radius 2 is 2.10 bits per heavy atom. The van der Waals surface area contributed by atoms with Crippen LogP contribution in [-0.2, 0) is 17.9 Å². The van der Waals surface area contributed by atoms with Gasteiger partial charge in [-0.15, -0.1) is 0 Å². The van der Waals surface area contributed by atoms with E-state index >= 15 is 0 Å². The average molecular weight is 418 g/mol. The third-order valence-corrected chi connectivity index (χ3v) is 6.42. The van der Waals surface area contributed by atoms with E-state index in [1.807, 2.05) is 30.0 Å². The van der Waals surface area contributed by atoms with Crippen molar-refractivity contribution < 1.29 is 9.53 Å². The molecule has 1 fully saturated rings. The molecule has 0 aliphatic carbocycles. The first kappa shape index (κ1) is 19.9. The van der Waals surface area contributed by atoms with Gasteiger partial charge in [0.2, 0.25) is 0 Å². The van der Waals surface area contributed by atoms with Gasteiger partial charge in [-0.25, -0.2) is 14.8 Å². The van der Waals surface area contributed by atoms with Crippen LogP contribution in [0.15, 0.2) is 36.9 Å². The maximum Gasteiger partial charge on any atom is 0.338 e. The number of cyclic esters (lactones) is 1. The van der Waals surface area contributed by atoms with Crippen LogP contribution in [0.4, 0.5) is 0 Å². The quantitative estimate of drug-likeness (QED) is 0.658. The van der Waals surface area contributed by atoms with E-state index in [2.05, 4.69) is 46.2 Å². The molecule has 0 amide bonds. The largest absolute Gasteiger partial charge is 0.457 e. The zero-order valence-electron chi connectivity index (χ0n) is 18.2. The van der Waals surface area contributed by atoms with Crippen molar-refractivity contribution in [1.82, 2.24) is 24.8 Å². The van der Waals surface area contributed by atoms with Crippen molar-refractivity contribution >= 4 is 5.97 Å². The van der Waals surface area contributed by atoms with Crippen LogP contribution in [0.2, 0.25) is 0 Å². The molecule has 7 nitrogen and oxygen atoms in total. The maximum absolute atomic E-state index is 11.9. The Morgan fingerprint density at radius 1 is 1.23 bits per heavy atom. The Labute approximate surface area is 182 Å². The van der Waals surface area contributed by atoms with Gasteiger partial charge in [0.1, 0.15) is 18.8 Å². The highest BCUT2D eigenvalue weighted by atomic mass is 16.5.